The largest absolute Gasteiger partial charge is 0.497 e. The van der Waals surface area contributed by atoms with Gasteiger partial charge in [0.2, 0.25) is 0 Å². The summed E-state index contributed by atoms with van der Waals surface area (Å²) < 4.78 is 10.4. The third kappa shape index (κ3) is 3.62. The van der Waals surface area contributed by atoms with Crippen molar-refractivity contribution in [3.63, 3.8) is 0 Å². The summed E-state index contributed by atoms with van der Waals surface area (Å²) >= 11 is 0. The molecule has 0 saturated heterocycles. The lowest BCUT2D eigenvalue weighted by molar-refractivity contribution is 0.147. The second-order valence-corrected chi connectivity index (χ2v) is 4.54. The monoisotopic (exact) mass is 252 g/mol. The van der Waals surface area contributed by atoms with E-state index in [9.17, 15) is 0 Å². The van der Waals surface area contributed by atoms with Crippen LogP contribution in [-0.2, 0) is 4.74 Å². The molecule has 0 fully saturated rings. The molecule has 0 aliphatic rings. The maximum Gasteiger partial charge on any atom is 0.119 e. The van der Waals surface area contributed by atoms with Crippen LogP contribution in [0.15, 0.2) is 24.3 Å². The van der Waals surface area contributed by atoms with Gasteiger partial charge >= 0.3 is 0 Å². The lowest BCUT2D eigenvalue weighted by atomic mass is 10.0. The molecular weight excluding hydrogens is 228 g/mol. The lowest BCUT2D eigenvalue weighted by Gasteiger charge is -2.33. The molecule has 18 heavy (non-hydrogen) atoms. The van der Waals surface area contributed by atoms with Crippen LogP contribution in [0.3, 0.4) is 0 Å². The zero-order chi connectivity index (χ0) is 13.5. The van der Waals surface area contributed by atoms with Crippen molar-refractivity contribution in [2.24, 2.45) is 11.7 Å². The highest BCUT2D eigenvalue weighted by molar-refractivity contribution is 5.49. The first-order valence-electron chi connectivity index (χ1n) is 6.20. The zero-order valence-corrected chi connectivity index (χ0v) is 11.7. The molecule has 102 valence electrons. The van der Waals surface area contributed by atoms with Gasteiger partial charge in [-0.3, -0.25) is 0 Å². The van der Waals surface area contributed by atoms with Crippen LogP contribution in [0, 0.1) is 5.92 Å². The Morgan fingerprint density at radius 2 is 1.83 bits per heavy atom. The van der Waals surface area contributed by atoms with E-state index in [-0.39, 0.29) is 6.04 Å². The minimum atomic E-state index is 0.262. The normalized spacial score (nSPS) is 14.1. The number of nitrogens with two attached hydrogens (primary N) is 1. The lowest BCUT2D eigenvalue weighted by Crippen LogP contribution is -2.44. The van der Waals surface area contributed by atoms with Gasteiger partial charge < -0.3 is 20.1 Å². The summed E-state index contributed by atoms with van der Waals surface area (Å²) in [6.45, 7) is 3.47. The van der Waals surface area contributed by atoms with Crippen molar-refractivity contribution in [3.8, 4) is 5.75 Å². The summed E-state index contributed by atoms with van der Waals surface area (Å²) in [6, 6.07) is 8.27. The van der Waals surface area contributed by atoms with Gasteiger partial charge in [0.15, 0.2) is 0 Å². The summed E-state index contributed by atoms with van der Waals surface area (Å²) in [5, 5.41) is 0. The van der Waals surface area contributed by atoms with Gasteiger partial charge in [0, 0.05) is 38.3 Å². The molecule has 4 heteroatoms. The Morgan fingerprint density at radius 1 is 1.22 bits per heavy atom. The highest BCUT2D eigenvalue weighted by atomic mass is 16.5. The number of anilines is 1. The molecule has 0 saturated carbocycles. The zero-order valence-electron chi connectivity index (χ0n) is 11.7. The summed E-state index contributed by atoms with van der Waals surface area (Å²) in [7, 11) is 5.45. The van der Waals surface area contributed by atoms with Crippen molar-refractivity contribution in [1.29, 1.82) is 0 Å². The fourth-order valence-corrected chi connectivity index (χ4v) is 2.15. The quantitative estimate of drug-likeness (QED) is 0.803. The van der Waals surface area contributed by atoms with Gasteiger partial charge in [-0.2, -0.15) is 0 Å². The van der Waals surface area contributed by atoms with Gasteiger partial charge in [0.25, 0.3) is 0 Å². The summed E-state index contributed by atoms with van der Waals surface area (Å²) in [5.74, 6) is 1.24. The molecule has 1 aromatic carbocycles. The Morgan fingerprint density at radius 3 is 2.28 bits per heavy atom. The molecule has 1 rings (SSSR count). The van der Waals surface area contributed by atoms with Crippen molar-refractivity contribution in [2.75, 3.05) is 39.3 Å². The van der Waals surface area contributed by atoms with E-state index < -0.39 is 0 Å². The Kier molecular flexibility index (Phi) is 5.95. The second kappa shape index (κ2) is 7.24. The van der Waals surface area contributed by atoms with Crippen LogP contribution in [0.2, 0.25) is 0 Å². The van der Waals surface area contributed by atoms with Crippen molar-refractivity contribution in [1.82, 2.24) is 0 Å². The minimum Gasteiger partial charge on any atom is -0.497 e. The van der Waals surface area contributed by atoms with E-state index in [1.54, 1.807) is 14.2 Å². The van der Waals surface area contributed by atoms with Crippen molar-refractivity contribution in [3.05, 3.63) is 24.3 Å². The molecule has 2 N–H and O–H groups in total. The molecule has 0 aliphatic carbocycles. The molecule has 0 amide bonds. The third-order valence-electron chi connectivity index (χ3n) is 3.31. The average molecular weight is 252 g/mol. The van der Waals surface area contributed by atoms with Crippen molar-refractivity contribution < 1.29 is 9.47 Å². The van der Waals surface area contributed by atoms with E-state index in [1.807, 2.05) is 24.3 Å². The van der Waals surface area contributed by atoms with Gasteiger partial charge in [0.05, 0.1) is 13.7 Å². The molecule has 0 radical (unpaired) electrons. The number of hydrogen-bond acceptors (Lipinski definition) is 4. The summed E-state index contributed by atoms with van der Waals surface area (Å²) in [5.41, 5.74) is 7.01. The maximum atomic E-state index is 5.88. The van der Waals surface area contributed by atoms with E-state index in [1.165, 1.54) is 0 Å². The van der Waals surface area contributed by atoms with Gasteiger partial charge in [-0.15, -0.1) is 0 Å². The number of hydrogen-bond donors (Lipinski definition) is 1. The van der Waals surface area contributed by atoms with Crippen LogP contribution in [0.4, 0.5) is 5.69 Å². The van der Waals surface area contributed by atoms with Crippen LogP contribution in [0.1, 0.15) is 6.92 Å². The Hall–Kier alpha value is -1.26. The van der Waals surface area contributed by atoms with E-state index >= 15 is 0 Å². The number of benzene rings is 1. The Bertz CT molecular complexity index is 340. The number of likely N-dealkylation sites (N-methyl/N-ethyl adjacent to an activating group) is 1. The predicted molar refractivity (Wildman–Crippen MR) is 75.3 cm³/mol. The fourth-order valence-electron chi connectivity index (χ4n) is 2.15. The first-order valence-corrected chi connectivity index (χ1v) is 6.20. The smallest absolute Gasteiger partial charge is 0.119 e. The van der Waals surface area contributed by atoms with E-state index in [4.69, 9.17) is 15.2 Å². The molecule has 0 aliphatic heterocycles. The molecule has 1 aromatic rings. The molecular formula is C14H24N2O2. The summed E-state index contributed by atoms with van der Waals surface area (Å²) in [6.07, 6.45) is 0. The number of rotatable bonds is 7. The molecule has 0 aromatic heterocycles. The molecule has 2 unspecified atom stereocenters. The summed E-state index contributed by atoms with van der Waals surface area (Å²) in [4.78, 5) is 2.20. The van der Waals surface area contributed by atoms with Crippen LogP contribution in [0.25, 0.3) is 0 Å². The number of methoxy groups -OCH3 is 2. The fraction of sp³-hybridized carbons (Fsp3) is 0.571. The highest BCUT2D eigenvalue weighted by Crippen LogP contribution is 2.22. The van der Waals surface area contributed by atoms with Crippen molar-refractivity contribution >= 4 is 5.69 Å². The average Bonchev–Trinajstić information content (AvgIpc) is 2.40. The van der Waals surface area contributed by atoms with Gasteiger partial charge in [0.1, 0.15) is 5.75 Å². The van der Waals surface area contributed by atoms with E-state index in [2.05, 4.69) is 18.9 Å². The number of ether oxygens (including phenoxy) is 2. The Balaban J connectivity index is 2.78. The topological polar surface area (TPSA) is 47.7 Å². The van der Waals surface area contributed by atoms with Gasteiger partial charge in [-0.25, -0.2) is 0 Å². The van der Waals surface area contributed by atoms with E-state index in [0.29, 0.717) is 19.1 Å². The minimum absolute atomic E-state index is 0.262. The van der Waals surface area contributed by atoms with Crippen LogP contribution >= 0.6 is 0 Å². The predicted octanol–water partition coefficient (Wildman–Crippen LogP) is 1.74. The first-order chi connectivity index (χ1) is 8.63. The van der Waals surface area contributed by atoms with Gasteiger partial charge in [-0.1, -0.05) is 6.92 Å². The van der Waals surface area contributed by atoms with Crippen LogP contribution < -0.4 is 15.4 Å². The third-order valence-corrected chi connectivity index (χ3v) is 3.31. The van der Waals surface area contributed by atoms with Crippen molar-refractivity contribution in [2.45, 2.75) is 13.0 Å². The second-order valence-electron chi connectivity index (χ2n) is 4.54. The van der Waals surface area contributed by atoms with Crippen LogP contribution in [0.5, 0.6) is 5.75 Å². The standard InChI is InChI=1S/C14H24N2O2/c1-11(10-17-3)14(9-15)16(2)12-5-7-13(18-4)8-6-12/h5-8,11,14H,9-10,15H2,1-4H3. The number of nitrogens with zero attached hydrogens (tertiary/aromatic N) is 1. The molecule has 0 spiro atoms. The highest BCUT2D eigenvalue weighted by Gasteiger charge is 2.20. The SMILES string of the molecule is COCC(C)C(CN)N(C)c1ccc(OC)cc1. The molecule has 2 atom stereocenters. The Labute approximate surface area is 110 Å². The molecule has 4 nitrogen and oxygen atoms in total. The van der Waals surface area contributed by atoms with E-state index in [0.717, 1.165) is 11.4 Å². The molecule has 0 bridgehead atoms. The molecule has 0 heterocycles. The van der Waals surface area contributed by atoms with Gasteiger partial charge in [-0.05, 0) is 24.3 Å². The van der Waals surface area contributed by atoms with Crippen LogP contribution in [-0.4, -0.2) is 40.5 Å². The first kappa shape index (κ1) is 14.8. The maximum absolute atomic E-state index is 5.88.